The predicted octanol–water partition coefficient (Wildman–Crippen LogP) is 3.95. The van der Waals surface area contributed by atoms with Crippen LogP contribution in [0.15, 0.2) is 47.4 Å². The summed E-state index contributed by atoms with van der Waals surface area (Å²) in [6.07, 6.45) is 3.46. The molecule has 0 saturated heterocycles. The van der Waals surface area contributed by atoms with Crippen LogP contribution in [0.2, 0.25) is 0 Å². The Balaban J connectivity index is 1.81. The number of benzene rings is 2. The molecule has 0 aliphatic heterocycles. The van der Waals surface area contributed by atoms with Gasteiger partial charge in [0.15, 0.2) is 9.84 Å². The van der Waals surface area contributed by atoms with E-state index in [1.54, 1.807) is 31.3 Å². The van der Waals surface area contributed by atoms with Gasteiger partial charge in [0.25, 0.3) is 5.91 Å². The lowest BCUT2D eigenvalue weighted by Crippen LogP contribution is -2.37. The number of hydrogen-bond acceptors (Lipinski definition) is 4. The number of nitrogens with zero attached hydrogens (tertiary/aromatic N) is 1. The van der Waals surface area contributed by atoms with Crippen LogP contribution in [-0.2, 0) is 16.3 Å². The summed E-state index contributed by atoms with van der Waals surface area (Å²) in [5.41, 5.74) is 0.692. The third kappa shape index (κ3) is 4.61. The highest BCUT2D eigenvalue weighted by molar-refractivity contribution is 7.92. The van der Waals surface area contributed by atoms with Crippen molar-refractivity contribution in [3.8, 4) is 5.75 Å². The molecule has 29 heavy (non-hydrogen) atoms. The Morgan fingerprint density at radius 3 is 2.41 bits per heavy atom. The van der Waals surface area contributed by atoms with Crippen LogP contribution >= 0.6 is 0 Å². The largest absolute Gasteiger partial charge is 0.508 e. The lowest BCUT2D eigenvalue weighted by atomic mass is 10.0. The number of aromatic hydroxyl groups is 1. The lowest BCUT2D eigenvalue weighted by molar-refractivity contribution is 0.0738. The van der Waals surface area contributed by atoms with Gasteiger partial charge in [0, 0.05) is 13.1 Å². The molecule has 156 valence electrons. The van der Waals surface area contributed by atoms with E-state index in [-0.39, 0.29) is 22.3 Å². The van der Waals surface area contributed by atoms with Gasteiger partial charge in [-0.25, -0.2) is 12.8 Å². The zero-order valence-electron chi connectivity index (χ0n) is 16.6. The molecule has 1 fully saturated rings. The molecule has 2 aromatic carbocycles. The Morgan fingerprint density at radius 2 is 1.79 bits per heavy atom. The van der Waals surface area contributed by atoms with Crippen molar-refractivity contribution in [1.82, 2.24) is 4.90 Å². The lowest BCUT2D eigenvalue weighted by Gasteiger charge is -2.25. The molecule has 1 aliphatic rings. The number of likely N-dealkylation sites (N-methyl/N-ethyl adjacent to an activating group) is 1. The average Bonchev–Trinajstić information content (AvgIpc) is 3.24. The van der Waals surface area contributed by atoms with Crippen molar-refractivity contribution < 1.29 is 22.7 Å². The van der Waals surface area contributed by atoms with E-state index in [1.165, 1.54) is 17.0 Å². The van der Waals surface area contributed by atoms with Crippen LogP contribution in [0.3, 0.4) is 0 Å². The third-order valence-electron chi connectivity index (χ3n) is 5.69. The van der Waals surface area contributed by atoms with Gasteiger partial charge in [-0.15, -0.1) is 0 Å². The second-order valence-corrected chi connectivity index (χ2v) is 9.96. The molecule has 0 bridgehead atoms. The number of hydrogen-bond donors (Lipinski definition) is 1. The first kappa shape index (κ1) is 21.3. The second-order valence-electron chi connectivity index (χ2n) is 7.73. The fourth-order valence-electron chi connectivity index (χ4n) is 3.74. The molecule has 1 amide bonds. The minimum atomic E-state index is -3.57. The summed E-state index contributed by atoms with van der Waals surface area (Å²) in [5, 5.41) is 8.93. The molecule has 5 nitrogen and oxygen atoms in total. The van der Waals surface area contributed by atoms with Crippen molar-refractivity contribution in [2.75, 3.05) is 7.05 Å². The minimum absolute atomic E-state index is 0.00809. The predicted molar refractivity (Wildman–Crippen MR) is 109 cm³/mol. The smallest absolute Gasteiger partial charge is 0.256 e. The van der Waals surface area contributed by atoms with Gasteiger partial charge in [-0.3, -0.25) is 4.79 Å². The highest BCUT2D eigenvalue weighted by Crippen LogP contribution is 2.30. The molecule has 1 N–H and O–H groups in total. The quantitative estimate of drug-likeness (QED) is 0.720. The number of sulfone groups is 1. The maximum absolute atomic E-state index is 14.4. The molecule has 0 aromatic heterocycles. The number of amides is 1. The van der Waals surface area contributed by atoms with E-state index in [4.69, 9.17) is 0 Å². The first-order valence-corrected chi connectivity index (χ1v) is 11.3. The summed E-state index contributed by atoms with van der Waals surface area (Å²) in [5.74, 6) is -1.13. The zero-order chi connectivity index (χ0) is 21.2. The monoisotopic (exact) mass is 419 g/mol. The number of carbonyl (C=O) groups excluding carboxylic acids is 1. The Morgan fingerprint density at radius 1 is 1.17 bits per heavy atom. The maximum Gasteiger partial charge on any atom is 0.256 e. The van der Waals surface area contributed by atoms with Crippen molar-refractivity contribution in [1.29, 1.82) is 0 Å². The number of phenols is 1. The van der Waals surface area contributed by atoms with Crippen molar-refractivity contribution in [2.24, 2.45) is 0 Å². The van der Waals surface area contributed by atoms with Crippen LogP contribution in [0.5, 0.6) is 5.75 Å². The molecule has 0 spiro atoms. The Labute approximate surface area is 171 Å². The summed E-state index contributed by atoms with van der Waals surface area (Å²) in [6.45, 7) is 1.84. The number of carbonyl (C=O) groups is 1. The molecule has 0 unspecified atom stereocenters. The van der Waals surface area contributed by atoms with E-state index >= 15 is 0 Å². The van der Waals surface area contributed by atoms with E-state index in [1.807, 2.05) is 6.92 Å². The van der Waals surface area contributed by atoms with Gasteiger partial charge >= 0.3 is 0 Å². The molecular formula is C22H26FNO4S. The van der Waals surface area contributed by atoms with E-state index in [0.29, 0.717) is 19.3 Å². The Kier molecular flexibility index (Phi) is 6.27. The molecular weight excluding hydrogens is 393 g/mol. The first-order chi connectivity index (χ1) is 13.7. The average molecular weight is 420 g/mol. The Hall–Kier alpha value is -2.41. The second kappa shape index (κ2) is 8.53. The van der Waals surface area contributed by atoms with E-state index in [0.717, 1.165) is 24.5 Å². The molecule has 1 aliphatic carbocycles. The van der Waals surface area contributed by atoms with Gasteiger partial charge in [0.05, 0.1) is 15.7 Å². The molecule has 7 heteroatoms. The topological polar surface area (TPSA) is 74.7 Å². The van der Waals surface area contributed by atoms with E-state index in [9.17, 15) is 22.7 Å². The third-order valence-corrected chi connectivity index (χ3v) is 7.95. The Bertz CT molecular complexity index is 982. The summed E-state index contributed by atoms with van der Waals surface area (Å²) < 4.78 is 40.1. The maximum atomic E-state index is 14.4. The van der Waals surface area contributed by atoms with Crippen LogP contribution < -0.4 is 0 Å². The molecule has 1 saturated carbocycles. The van der Waals surface area contributed by atoms with Crippen molar-refractivity contribution in [3.05, 3.63) is 59.4 Å². The van der Waals surface area contributed by atoms with Crippen molar-refractivity contribution in [3.63, 3.8) is 0 Å². The highest BCUT2D eigenvalue weighted by Gasteiger charge is 2.31. The normalized spacial score (nSPS) is 16.0. The van der Waals surface area contributed by atoms with E-state index in [2.05, 4.69) is 0 Å². The number of phenolic OH excluding ortho intramolecular Hbond substituents is 1. The van der Waals surface area contributed by atoms with Gasteiger partial charge < -0.3 is 10.0 Å². The van der Waals surface area contributed by atoms with Crippen LogP contribution in [0.4, 0.5) is 4.39 Å². The van der Waals surface area contributed by atoms with Crippen molar-refractivity contribution in [2.45, 2.75) is 55.2 Å². The van der Waals surface area contributed by atoms with Gasteiger partial charge in [0.1, 0.15) is 11.6 Å². The standard InChI is InChI=1S/C22H26FNO4S/c1-15(13-16-7-9-17(25)10-8-16)24(2)22(26)20-14-19(11-12-21(20)23)29(27,28)18-5-3-4-6-18/h7-12,14-15,18,25H,3-6,13H2,1-2H3/t15-/m1/s1. The van der Waals surface area contributed by atoms with Crippen LogP contribution in [0, 0.1) is 5.82 Å². The highest BCUT2D eigenvalue weighted by atomic mass is 32.2. The van der Waals surface area contributed by atoms with Gasteiger partial charge in [0.2, 0.25) is 0 Å². The SMILES string of the molecule is C[C@H](Cc1ccc(O)cc1)N(C)C(=O)c1cc(S(=O)(=O)C2CCCC2)ccc1F. The van der Waals surface area contributed by atoms with Gasteiger partial charge in [-0.05, 0) is 62.1 Å². The summed E-state index contributed by atoms with van der Waals surface area (Å²) in [7, 11) is -2.00. The zero-order valence-corrected chi connectivity index (χ0v) is 17.5. The molecule has 1 atom stereocenters. The number of halogens is 1. The molecule has 3 rings (SSSR count). The number of rotatable bonds is 6. The summed E-state index contributed by atoms with van der Waals surface area (Å²) in [4.78, 5) is 14.3. The van der Waals surface area contributed by atoms with E-state index < -0.39 is 26.8 Å². The van der Waals surface area contributed by atoms with Crippen LogP contribution in [0.1, 0.15) is 48.5 Å². The molecule has 2 aromatic rings. The van der Waals surface area contributed by atoms with Gasteiger partial charge in [-0.2, -0.15) is 0 Å². The van der Waals surface area contributed by atoms with Crippen LogP contribution in [0.25, 0.3) is 0 Å². The van der Waals surface area contributed by atoms with Crippen LogP contribution in [-0.4, -0.2) is 42.7 Å². The molecule has 0 heterocycles. The fourth-order valence-corrected chi connectivity index (χ4v) is 5.62. The summed E-state index contributed by atoms with van der Waals surface area (Å²) in [6, 6.07) is 9.91. The minimum Gasteiger partial charge on any atom is -0.508 e. The summed E-state index contributed by atoms with van der Waals surface area (Å²) >= 11 is 0. The van der Waals surface area contributed by atoms with Gasteiger partial charge in [-0.1, -0.05) is 25.0 Å². The molecule has 0 radical (unpaired) electrons. The van der Waals surface area contributed by atoms with Crippen molar-refractivity contribution >= 4 is 15.7 Å². The first-order valence-electron chi connectivity index (χ1n) is 9.78. The fraction of sp³-hybridized carbons (Fsp3) is 0.409.